The molecule has 0 heterocycles. The lowest BCUT2D eigenvalue weighted by Crippen LogP contribution is -2.16. The molecule has 3 aromatic rings. The second-order valence-electron chi connectivity index (χ2n) is 5.72. The summed E-state index contributed by atoms with van der Waals surface area (Å²) in [6.07, 6.45) is 0.0722. The zero-order valence-electron chi connectivity index (χ0n) is 13.6. The van der Waals surface area contributed by atoms with E-state index in [1.54, 1.807) is 6.92 Å². The van der Waals surface area contributed by atoms with E-state index in [0.29, 0.717) is 0 Å². The Labute approximate surface area is 142 Å². The van der Waals surface area contributed by atoms with E-state index in [0.717, 1.165) is 28.5 Å². The predicted octanol–water partition coefficient (Wildman–Crippen LogP) is 5.05. The lowest BCUT2D eigenvalue weighted by molar-refractivity contribution is -0.119. The van der Waals surface area contributed by atoms with Crippen LogP contribution >= 0.6 is 0 Å². The molecule has 2 nitrogen and oxygen atoms in total. The normalized spacial score (nSPS) is 13.2. The van der Waals surface area contributed by atoms with E-state index < -0.39 is 6.10 Å². The molecule has 120 valence electrons. The molecule has 0 radical (unpaired) electrons. The van der Waals surface area contributed by atoms with E-state index in [-0.39, 0.29) is 6.10 Å². The van der Waals surface area contributed by atoms with Gasteiger partial charge in [-0.3, -0.25) is 0 Å². The van der Waals surface area contributed by atoms with E-state index in [2.05, 4.69) is 24.3 Å². The largest absolute Gasteiger partial charge is 0.358 e. The quantitative estimate of drug-likeness (QED) is 0.595. The molecule has 0 aliphatic heterocycles. The molecule has 0 saturated heterocycles. The Morgan fingerprint density at radius 2 is 1.38 bits per heavy atom. The molecule has 0 aliphatic carbocycles. The van der Waals surface area contributed by atoms with Crippen LogP contribution in [0.2, 0.25) is 0 Å². The summed E-state index contributed by atoms with van der Waals surface area (Å²) in [7, 11) is 0. The van der Waals surface area contributed by atoms with Crippen LogP contribution in [0.4, 0.5) is 0 Å². The van der Waals surface area contributed by atoms with Crippen molar-refractivity contribution in [3.63, 3.8) is 0 Å². The molecule has 0 fully saturated rings. The highest BCUT2D eigenvalue weighted by Gasteiger charge is 2.20. The minimum atomic E-state index is -0.473. The lowest BCUT2D eigenvalue weighted by Gasteiger charge is -2.23. The molecule has 0 spiro atoms. The second kappa shape index (κ2) is 7.71. The number of ether oxygens (including phenoxy) is 1. The number of carbonyl (C=O) groups is 1. The van der Waals surface area contributed by atoms with Crippen LogP contribution in [0.5, 0.6) is 0 Å². The van der Waals surface area contributed by atoms with E-state index in [4.69, 9.17) is 4.74 Å². The van der Waals surface area contributed by atoms with E-state index >= 15 is 0 Å². The first-order valence-electron chi connectivity index (χ1n) is 8.09. The maximum absolute atomic E-state index is 11.1. The topological polar surface area (TPSA) is 26.3 Å². The first kappa shape index (κ1) is 16.2. The third kappa shape index (κ3) is 3.61. The monoisotopic (exact) mass is 316 g/mol. The molecule has 0 amide bonds. The summed E-state index contributed by atoms with van der Waals surface area (Å²) < 4.78 is 6.07. The number of aldehydes is 1. The third-order valence-electron chi connectivity index (χ3n) is 3.97. The van der Waals surface area contributed by atoms with Crippen molar-refractivity contribution >= 4 is 6.29 Å². The molecule has 0 N–H and O–H groups in total. The molecule has 0 aliphatic rings. The summed E-state index contributed by atoms with van der Waals surface area (Å²) >= 11 is 0. The minimum Gasteiger partial charge on any atom is -0.358 e. The number of rotatable bonds is 6. The summed E-state index contributed by atoms with van der Waals surface area (Å²) in [6, 6.07) is 28.4. The number of benzene rings is 3. The summed E-state index contributed by atoms with van der Waals surface area (Å²) in [5.74, 6) is 0. The standard InChI is InChI=1S/C22H20O2/c1-17(16-23)24-22(19-12-6-3-7-13-19)21-15-9-8-14-20(21)18-10-4-2-5-11-18/h2-17,22H,1H3. The first-order chi connectivity index (χ1) is 11.8. The van der Waals surface area contributed by atoms with Crippen molar-refractivity contribution in [3.05, 3.63) is 96.1 Å². The first-order valence-corrected chi connectivity index (χ1v) is 8.09. The van der Waals surface area contributed by atoms with Gasteiger partial charge in [0.15, 0.2) is 0 Å². The zero-order chi connectivity index (χ0) is 16.8. The average molecular weight is 316 g/mol. The van der Waals surface area contributed by atoms with Crippen LogP contribution in [-0.2, 0) is 9.53 Å². The van der Waals surface area contributed by atoms with Crippen molar-refractivity contribution in [2.24, 2.45) is 0 Å². The summed E-state index contributed by atoms with van der Waals surface area (Å²) in [4.78, 5) is 11.1. The van der Waals surface area contributed by atoms with Crippen LogP contribution in [0.1, 0.15) is 24.2 Å². The Hall–Kier alpha value is -2.71. The Balaban J connectivity index is 2.10. The summed E-state index contributed by atoms with van der Waals surface area (Å²) in [6.45, 7) is 1.77. The van der Waals surface area contributed by atoms with E-state index in [9.17, 15) is 4.79 Å². The van der Waals surface area contributed by atoms with Crippen molar-refractivity contribution in [2.45, 2.75) is 19.1 Å². The highest BCUT2D eigenvalue weighted by Crippen LogP contribution is 2.34. The lowest BCUT2D eigenvalue weighted by atomic mass is 9.92. The van der Waals surface area contributed by atoms with Gasteiger partial charge in [-0.05, 0) is 29.2 Å². The zero-order valence-corrected chi connectivity index (χ0v) is 13.6. The summed E-state index contributed by atoms with van der Waals surface area (Å²) in [5.41, 5.74) is 4.35. The van der Waals surface area contributed by atoms with Crippen molar-refractivity contribution < 1.29 is 9.53 Å². The van der Waals surface area contributed by atoms with Crippen LogP contribution in [0.15, 0.2) is 84.9 Å². The van der Waals surface area contributed by atoms with Crippen LogP contribution < -0.4 is 0 Å². The Morgan fingerprint density at radius 3 is 2.04 bits per heavy atom. The van der Waals surface area contributed by atoms with Crippen LogP contribution in [0, 0.1) is 0 Å². The molecular formula is C22H20O2. The average Bonchev–Trinajstić information content (AvgIpc) is 2.67. The van der Waals surface area contributed by atoms with E-state index in [1.807, 2.05) is 60.7 Å². The van der Waals surface area contributed by atoms with Gasteiger partial charge in [0.25, 0.3) is 0 Å². The Morgan fingerprint density at radius 1 is 0.792 bits per heavy atom. The molecule has 3 rings (SSSR count). The maximum Gasteiger partial charge on any atom is 0.148 e. The molecule has 2 heteroatoms. The van der Waals surface area contributed by atoms with Gasteiger partial charge in [-0.25, -0.2) is 0 Å². The van der Waals surface area contributed by atoms with Gasteiger partial charge in [-0.1, -0.05) is 84.9 Å². The van der Waals surface area contributed by atoms with Crippen molar-refractivity contribution in [1.29, 1.82) is 0 Å². The minimum absolute atomic E-state index is 0.289. The fourth-order valence-corrected chi connectivity index (χ4v) is 2.81. The third-order valence-corrected chi connectivity index (χ3v) is 3.97. The van der Waals surface area contributed by atoms with Gasteiger partial charge < -0.3 is 9.53 Å². The van der Waals surface area contributed by atoms with Gasteiger partial charge in [0.1, 0.15) is 18.5 Å². The van der Waals surface area contributed by atoms with E-state index in [1.165, 1.54) is 0 Å². The SMILES string of the molecule is CC(C=O)OC(c1ccccc1)c1ccccc1-c1ccccc1. The van der Waals surface area contributed by atoms with Gasteiger partial charge >= 0.3 is 0 Å². The van der Waals surface area contributed by atoms with Gasteiger partial charge in [-0.2, -0.15) is 0 Å². The number of hydrogen-bond acceptors (Lipinski definition) is 2. The predicted molar refractivity (Wildman–Crippen MR) is 96.8 cm³/mol. The molecular weight excluding hydrogens is 296 g/mol. The van der Waals surface area contributed by atoms with Gasteiger partial charge in [0.2, 0.25) is 0 Å². The molecule has 3 aromatic carbocycles. The van der Waals surface area contributed by atoms with Crippen molar-refractivity contribution in [3.8, 4) is 11.1 Å². The fourth-order valence-electron chi connectivity index (χ4n) is 2.81. The fraction of sp³-hybridized carbons (Fsp3) is 0.136. The number of hydrogen-bond donors (Lipinski definition) is 0. The van der Waals surface area contributed by atoms with Crippen molar-refractivity contribution in [1.82, 2.24) is 0 Å². The Kier molecular flexibility index (Phi) is 5.19. The molecule has 2 unspecified atom stereocenters. The Bertz CT molecular complexity index is 781. The highest BCUT2D eigenvalue weighted by atomic mass is 16.5. The molecule has 0 bridgehead atoms. The van der Waals surface area contributed by atoms with Crippen LogP contribution in [-0.4, -0.2) is 12.4 Å². The van der Waals surface area contributed by atoms with Gasteiger partial charge in [0, 0.05) is 0 Å². The smallest absolute Gasteiger partial charge is 0.148 e. The van der Waals surface area contributed by atoms with Gasteiger partial charge in [-0.15, -0.1) is 0 Å². The number of carbonyl (C=O) groups excluding carboxylic acids is 1. The highest BCUT2D eigenvalue weighted by molar-refractivity contribution is 5.68. The molecule has 2 atom stereocenters. The summed E-state index contributed by atoms with van der Waals surface area (Å²) in [5, 5.41) is 0. The molecule has 0 aromatic heterocycles. The molecule has 0 saturated carbocycles. The maximum atomic E-state index is 11.1. The van der Waals surface area contributed by atoms with Crippen molar-refractivity contribution in [2.75, 3.05) is 0 Å². The van der Waals surface area contributed by atoms with Gasteiger partial charge in [0.05, 0.1) is 0 Å². The van der Waals surface area contributed by atoms with Crippen LogP contribution in [0.3, 0.4) is 0 Å². The van der Waals surface area contributed by atoms with Crippen LogP contribution in [0.25, 0.3) is 11.1 Å². The second-order valence-corrected chi connectivity index (χ2v) is 5.72. The molecule has 24 heavy (non-hydrogen) atoms.